The van der Waals surface area contributed by atoms with Crippen LogP contribution in [0.1, 0.15) is 32.6 Å². The molecular formula is C11H21NO2. The lowest BCUT2D eigenvalue weighted by Gasteiger charge is -2.45. The average Bonchev–Trinajstić information content (AvgIpc) is 2.49. The average molecular weight is 199 g/mol. The first-order chi connectivity index (χ1) is 6.63. The number of hydrogen-bond donors (Lipinski definition) is 2. The Morgan fingerprint density at radius 3 is 2.71 bits per heavy atom. The predicted octanol–water partition coefficient (Wildman–Crippen LogP) is 0.604. The summed E-state index contributed by atoms with van der Waals surface area (Å²) in [6, 6.07) is 0.301. The van der Waals surface area contributed by atoms with Gasteiger partial charge in [0.15, 0.2) is 0 Å². The molecule has 0 aromatic carbocycles. The maximum absolute atomic E-state index is 10.1. The third kappa shape index (κ3) is 1.95. The van der Waals surface area contributed by atoms with Crippen LogP contribution >= 0.6 is 0 Å². The van der Waals surface area contributed by atoms with Crippen molar-refractivity contribution in [3.8, 4) is 0 Å². The molecule has 1 unspecified atom stereocenters. The van der Waals surface area contributed by atoms with E-state index in [-0.39, 0.29) is 6.61 Å². The minimum atomic E-state index is -0.447. The highest BCUT2D eigenvalue weighted by molar-refractivity contribution is 4.96. The Morgan fingerprint density at radius 2 is 2.14 bits per heavy atom. The summed E-state index contributed by atoms with van der Waals surface area (Å²) < 4.78 is 0. The summed E-state index contributed by atoms with van der Waals surface area (Å²) in [7, 11) is 0. The van der Waals surface area contributed by atoms with Gasteiger partial charge in [-0.1, -0.05) is 6.92 Å². The van der Waals surface area contributed by atoms with E-state index in [9.17, 15) is 5.11 Å². The summed E-state index contributed by atoms with van der Waals surface area (Å²) in [5.41, 5.74) is -0.447. The van der Waals surface area contributed by atoms with Crippen LogP contribution < -0.4 is 0 Å². The summed E-state index contributed by atoms with van der Waals surface area (Å²) in [5.74, 6) is 0.676. The molecule has 14 heavy (non-hydrogen) atoms. The minimum absolute atomic E-state index is 0.242. The smallest absolute Gasteiger partial charge is 0.0779 e. The molecule has 0 radical (unpaired) electrons. The number of nitrogens with zero attached hydrogens (tertiary/aromatic N) is 1. The Bertz CT molecular complexity index is 201. The van der Waals surface area contributed by atoms with Crippen LogP contribution in [-0.2, 0) is 0 Å². The fraction of sp³-hybridized carbons (Fsp3) is 1.00. The first-order valence-electron chi connectivity index (χ1n) is 5.70. The molecule has 0 spiro atoms. The van der Waals surface area contributed by atoms with Crippen LogP contribution in [0.15, 0.2) is 0 Å². The molecule has 3 nitrogen and oxygen atoms in total. The van der Waals surface area contributed by atoms with Gasteiger partial charge in [0.05, 0.1) is 12.2 Å². The van der Waals surface area contributed by atoms with Gasteiger partial charge in [0.2, 0.25) is 0 Å². The standard InChI is InChI=1S/C11H21NO2/c1-9-5-11(14,6-9)8-12-4-2-3-10(12)7-13/h9-10,13-14H,2-8H2,1H3. The highest BCUT2D eigenvalue weighted by Crippen LogP contribution is 2.38. The Hall–Kier alpha value is -0.120. The molecule has 2 fully saturated rings. The number of aliphatic hydroxyl groups is 2. The summed E-state index contributed by atoms with van der Waals surface area (Å²) in [6.45, 7) is 4.23. The van der Waals surface area contributed by atoms with E-state index in [1.807, 2.05) is 0 Å². The Kier molecular flexibility index (Phi) is 2.82. The van der Waals surface area contributed by atoms with Gasteiger partial charge in [0, 0.05) is 12.6 Å². The molecule has 82 valence electrons. The van der Waals surface area contributed by atoms with Crippen LogP contribution in [0.5, 0.6) is 0 Å². The van der Waals surface area contributed by atoms with Gasteiger partial charge in [-0.05, 0) is 38.1 Å². The van der Waals surface area contributed by atoms with Crippen molar-refractivity contribution in [2.45, 2.75) is 44.2 Å². The summed E-state index contributed by atoms with van der Waals surface area (Å²) in [5, 5.41) is 19.3. The monoisotopic (exact) mass is 199 g/mol. The molecule has 1 atom stereocenters. The number of hydrogen-bond acceptors (Lipinski definition) is 3. The Balaban J connectivity index is 1.85. The number of likely N-dealkylation sites (tertiary alicyclic amines) is 1. The van der Waals surface area contributed by atoms with E-state index in [0.29, 0.717) is 12.0 Å². The van der Waals surface area contributed by atoms with Gasteiger partial charge in [-0.3, -0.25) is 4.90 Å². The van der Waals surface area contributed by atoms with E-state index in [0.717, 1.165) is 38.8 Å². The second kappa shape index (κ2) is 3.80. The second-order valence-corrected chi connectivity index (χ2v) is 5.19. The van der Waals surface area contributed by atoms with E-state index in [1.54, 1.807) is 0 Å². The second-order valence-electron chi connectivity index (χ2n) is 5.19. The normalized spacial score (nSPS) is 43.9. The highest BCUT2D eigenvalue weighted by atomic mass is 16.3. The van der Waals surface area contributed by atoms with Crippen LogP contribution in [0.25, 0.3) is 0 Å². The number of β-amino-alcohol motifs (C(OH)–C–C–N with tert-alkyl or cyclic N) is 1. The van der Waals surface area contributed by atoms with Crippen molar-refractivity contribution in [3.05, 3.63) is 0 Å². The molecule has 1 aliphatic carbocycles. The molecule has 2 aliphatic rings. The molecular weight excluding hydrogens is 178 g/mol. The summed E-state index contributed by atoms with van der Waals surface area (Å²) in [6.07, 6.45) is 4.11. The van der Waals surface area contributed by atoms with Gasteiger partial charge < -0.3 is 10.2 Å². The Morgan fingerprint density at radius 1 is 1.43 bits per heavy atom. The van der Waals surface area contributed by atoms with Gasteiger partial charge in [0.1, 0.15) is 0 Å². The van der Waals surface area contributed by atoms with Crippen molar-refractivity contribution in [1.29, 1.82) is 0 Å². The molecule has 3 heteroatoms. The van der Waals surface area contributed by atoms with Crippen molar-refractivity contribution in [1.82, 2.24) is 4.90 Å². The van der Waals surface area contributed by atoms with Gasteiger partial charge in [-0.2, -0.15) is 0 Å². The molecule has 1 heterocycles. The number of rotatable bonds is 3. The molecule has 2 rings (SSSR count). The molecule has 0 aromatic rings. The lowest BCUT2D eigenvalue weighted by Crippen LogP contribution is -2.53. The van der Waals surface area contributed by atoms with Gasteiger partial charge in [-0.25, -0.2) is 0 Å². The van der Waals surface area contributed by atoms with Crippen LogP contribution in [0.3, 0.4) is 0 Å². The minimum Gasteiger partial charge on any atom is -0.395 e. The zero-order valence-electron chi connectivity index (χ0n) is 8.95. The first-order valence-corrected chi connectivity index (χ1v) is 5.70. The molecule has 2 N–H and O–H groups in total. The van der Waals surface area contributed by atoms with Crippen molar-refractivity contribution >= 4 is 0 Å². The zero-order valence-corrected chi connectivity index (χ0v) is 8.95. The van der Waals surface area contributed by atoms with Gasteiger partial charge in [0.25, 0.3) is 0 Å². The van der Waals surface area contributed by atoms with E-state index in [4.69, 9.17) is 5.11 Å². The molecule has 1 saturated carbocycles. The zero-order chi connectivity index (χ0) is 10.2. The van der Waals surface area contributed by atoms with Crippen LogP contribution in [-0.4, -0.2) is 46.5 Å². The highest BCUT2D eigenvalue weighted by Gasteiger charge is 2.42. The van der Waals surface area contributed by atoms with Gasteiger partial charge in [-0.15, -0.1) is 0 Å². The van der Waals surface area contributed by atoms with Crippen molar-refractivity contribution in [2.24, 2.45) is 5.92 Å². The number of aliphatic hydroxyl groups excluding tert-OH is 1. The lowest BCUT2D eigenvalue weighted by molar-refractivity contribution is -0.0921. The quantitative estimate of drug-likeness (QED) is 0.699. The molecule has 0 bridgehead atoms. The molecule has 0 amide bonds. The van der Waals surface area contributed by atoms with Crippen molar-refractivity contribution in [3.63, 3.8) is 0 Å². The predicted molar refractivity (Wildman–Crippen MR) is 55.0 cm³/mol. The lowest BCUT2D eigenvalue weighted by atomic mass is 9.71. The van der Waals surface area contributed by atoms with Crippen LogP contribution in [0.4, 0.5) is 0 Å². The van der Waals surface area contributed by atoms with E-state index in [2.05, 4.69) is 11.8 Å². The largest absolute Gasteiger partial charge is 0.395 e. The molecule has 1 saturated heterocycles. The topological polar surface area (TPSA) is 43.7 Å². The summed E-state index contributed by atoms with van der Waals surface area (Å²) in [4.78, 5) is 2.26. The van der Waals surface area contributed by atoms with Crippen LogP contribution in [0, 0.1) is 5.92 Å². The fourth-order valence-electron chi connectivity index (χ4n) is 3.05. The third-order valence-corrected chi connectivity index (χ3v) is 3.66. The van der Waals surface area contributed by atoms with E-state index >= 15 is 0 Å². The van der Waals surface area contributed by atoms with Crippen molar-refractivity contribution < 1.29 is 10.2 Å². The molecule has 1 aliphatic heterocycles. The summed E-state index contributed by atoms with van der Waals surface area (Å²) >= 11 is 0. The Labute approximate surface area is 85.7 Å². The van der Waals surface area contributed by atoms with Crippen molar-refractivity contribution in [2.75, 3.05) is 19.7 Å². The van der Waals surface area contributed by atoms with Crippen LogP contribution in [0.2, 0.25) is 0 Å². The van der Waals surface area contributed by atoms with Gasteiger partial charge >= 0.3 is 0 Å². The SMILES string of the molecule is CC1CC(O)(CN2CCCC2CO)C1. The molecule has 0 aromatic heterocycles. The first kappa shape index (κ1) is 10.4. The maximum Gasteiger partial charge on any atom is 0.0779 e. The van der Waals surface area contributed by atoms with E-state index in [1.165, 1.54) is 0 Å². The maximum atomic E-state index is 10.1. The third-order valence-electron chi connectivity index (χ3n) is 3.66. The fourth-order valence-corrected chi connectivity index (χ4v) is 3.05. The van der Waals surface area contributed by atoms with E-state index < -0.39 is 5.60 Å².